The van der Waals surface area contributed by atoms with Crippen LogP contribution < -0.4 is 0 Å². The smallest absolute Gasteiger partial charge is 0.145 e. The Labute approximate surface area is 171 Å². The summed E-state index contributed by atoms with van der Waals surface area (Å²) in [5, 5.41) is -0.406. The van der Waals surface area contributed by atoms with Crippen LogP contribution in [-0.2, 0) is 25.7 Å². The molecule has 2 aromatic rings. The van der Waals surface area contributed by atoms with Crippen LogP contribution in [0.25, 0.3) is 0 Å². The Morgan fingerprint density at radius 1 is 1.00 bits per heavy atom. The Balaban J connectivity index is 1.54. The van der Waals surface area contributed by atoms with Gasteiger partial charge in [-0.2, -0.15) is 0 Å². The third-order valence-corrected chi connectivity index (χ3v) is 6.78. The molecule has 0 nitrogen and oxygen atoms in total. The van der Waals surface area contributed by atoms with Crippen molar-refractivity contribution in [2.24, 2.45) is 5.92 Å². The zero-order chi connectivity index (χ0) is 19.7. The monoisotopic (exact) mass is 400 g/mol. The predicted octanol–water partition coefficient (Wildman–Crippen LogP) is 7.35. The van der Waals surface area contributed by atoms with Crippen LogP contribution in [0.5, 0.6) is 0 Å². The topological polar surface area (TPSA) is 0 Å². The molecule has 0 radical (unpaired) electrons. The third-order valence-electron chi connectivity index (χ3n) is 6.42. The zero-order valence-electron chi connectivity index (χ0n) is 16.4. The van der Waals surface area contributed by atoms with E-state index in [-0.39, 0.29) is 5.92 Å². The van der Waals surface area contributed by atoms with Gasteiger partial charge in [0.1, 0.15) is 16.7 Å². The summed E-state index contributed by atoms with van der Waals surface area (Å²) >= 11 is 5.65. The van der Waals surface area contributed by atoms with Crippen LogP contribution in [0.3, 0.4) is 0 Å². The van der Waals surface area contributed by atoms with Gasteiger partial charge in [0.25, 0.3) is 0 Å². The molecular formula is C25H27ClF2. The minimum atomic E-state index is -0.657. The molecule has 0 bridgehead atoms. The van der Waals surface area contributed by atoms with Gasteiger partial charge in [-0.15, -0.1) is 0 Å². The Hall–Kier alpha value is -1.67. The largest absolute Gasteiger partial charge is 0.205 e. The first kappa shape index (κ1) is 19.6. The number of hydrogen-bond donors (Lipinski definition) is 0. The van der Waals surface area contributed by atoms with Crippen molar-refractivity contribution in [1.82, 2.24) is 0 Å². The van der Waals surface area contributed by atoms with Gasteiger partial charge >= 0.3 is 0 Å². The minimum Gasteiger partial charge on any atom is -0.205 e. The molecule has 2 aliphatic rings. The van der Waals surface area contributed by atoms with Gasteiger partial charge in [-0.25, -0.2) is 8.78 Å². The third kappa shape index (κ3) is 3.89. The molecule has 0 heterocycles. The molecule has 0 amide bonds. The first-order valence-electron chi connectivity index (χ1n) is 10.5. The molecule has 0 N–H and O–H groups in total. The summed E-state index contributed by atoms with van der Waals surface area (Å²) in [5.41, 5.74) is 6.62. The summed E-state index contributed by atoms with van der Waals surface area (Å²) in [6.07, 6.45) is 13.4. The second-order valence-electron chi connectivity index (χ2n) is 8.30. The maximum Gasteiger partial charge on any atom is 0.145 e. The number of allylic oxidation sites excluding steroid dienone is 2. The van der Waals surface area contributed by atoms with Gasteiger partial charge in [0.05, 0.1) is 0 Å². The SMILES string of the molecule is CCC/C=C/C1CCc2c(ccc3c2CCC(c2cc(F)c(Cl)c(F)c2)C3)C1. The van der Waals surface area contributed by atoms with Crippen molar-refractivity contribution in [3.8, 4) is 0 Å². The van der Waals surface area contributed by atoms with Gasteiger partial charge < -0.3 is 0 Å². The normalized spacial score (nSPS) is 21.6. The van der Waals surface area contributed by atoms with E-state index in [1.165, 1.54) is 48.1 Å². The summed E-state index contributed by atoms with van der Waals surface area (Å²) in [4.78, 5) is 0. The van der Waals surface area contributed by atoms with Crippen LogP contribution in [0.1, 0.15) is 66.3 Å². The van der Waals surface area contributed by atoms with E-state index < -0.39 is 16.7 Å². The second kappa shape index (κ2) is 8.37. The quantitative estimate of drug-likeness (QED) is 0.371. The lowest BCUT2D eigenvalue weighted by Gasteiger charge is -2.31. The molecule has 2 aromatic carbocycles. The van der Waals surface area contributed by atoms with Crippen molar-refractivity contribution in [3.63, 3.8) is 0 Å². The molecule has 148 valence electrons. The fourth-order valence-corrected chi connectivity index (χ4v) is 5.02. The highest BCUT2D eigenvalue weighted by atomic mass is 35.5. The first-order chi connectivity index (χ1) is 13.6. The number of unbranched alkanes of at least 4 members (excludes halogenated alkanes) is 1. The van der Waals surface area contributed by atoms with Gasteiger partial charge in [-0.3, -0.25) is 0 Å². The Morgan fingerprint density at radius 3 is 2.32 bits per heavy atom. The molecule has 2 unspecified atom stereocenters. The van der Waals surface area contributed by atoms with Crippen LogP contribution in [0.4, 0.5) is 8.78 Å². The van der Waals surface area contributed by atoms with Crippen LogP contribution in [0, 0.1) is 17.6 Å². The van der Waals surface area contributed by atoms with Crippen molar-refractivity contribution >= 4 is 11.6 Å². The van der Waals surface area contributed by atoms with E-state index in [1.54, 1.807) is 5.56 Å². The number of fused-ring (bicyclic) bond motifs is 3. The van der Waals surface area contributed by atoms with Crippen LogP contribution in [-0.4, -0.2) is 0 Å². The second-order valence-corrected chi connectivity index (χ2v) is 8.68. The molecule has 3 heteroatoms. The number of benzene rings is 2. The average Bonchev–Trinajstić information content (AvgIpc) is 2.71. The van der Waals surface area contributed by atoms with Crippen molar-refractivity contribution in [3.05, 3.63) is 80.9 Å². The lowest BCUT2D eigenvalue weighted by atomic mass is 9.74. The van der Waals surface area contributed by atoms with Crippen molar-refractivity contribution < 1.29 is 8.78 Å². The highest BCUT2D eigenvalue weighted by molar-refractivity contribution is 6.30. The lowest BCUT2D eigenvalue weighted by molar-refractivity contribution is 0.527. The van der Waals surface area contributed by atoms with E-state index in [0.717, 1.165) is 37.7 Å². The minimum absolute atomic E-state index is 0.153. The Bertz CT molecular complexity index is 877. The molecule has 2 aliphatic carbocycles. The lowest BCUT2D eigenvalue weighted by Crippen LogP contribution is -2.20. The molecule has 28 heavy (non-hydrogen) atoms. The number of hydrogen-bond acceptors (Lipinski definition) is 0. The molecule has 2 atom stereocenters. The van der Waals surface area contributed by atoms with Gasteiger partial charge in [0.2, 0.25) is 0 Å². The van der Waals surface area contributed by atoms with E-state index in [1.807, 2.05) is 0 Å². The molecule has 0 aromatic heterocycles. The van der Waals surface area contributed by atoms with Crippen molar-refractivity contribution in [1.29, 1.82) is 0 Å². The molecule has 4 rings (SSSR count). The van der Waals surface area contributed by atoms with E-state index >= 15 is 0 Å². The summed E-state index contributed by atoms with van der Waals surface area (Å²) in [6, 6.07) is 7.36. The van der Waals surface area contributed by atoms with Crippen LogP contribution in [0.2, 0.25) is 5.02 Å². The van der Waals surface area contributed by atoms with Gasteiger partial charge in [0.15, 0.2) is 0 Å². The Morgan fingerprint density at radius 2 is 1.64 bits per heavy atom. The predicted molar refractivity (Wildman–Crippen MR) is 112 cm³/mol. The maximum absolute atomic E-state index is 13.9. The Kier molecular flexibility index (Phi) is 5.87. The van der Waals surface area contributed by atoms with Gasteiger partial charge in [-0.1, -0.05) is 49.2 Å². The molecule has 0 spiro atoms. The molecule has 0 aliphatic heterocycles. The molecular weight excluding hydrogens is 374 g/mol. The number of rotatable bonds is 4. The van der Waals surface area contributed by atoms with E-state index in [2.05, 4.69) is 31.2 Å². The zero-order valence-corrected chi connectivity index (χ0v) is 17.2. The summed E-state index contributed by atoms with van der Waals surface area (Å²) in [5.74, 6) is -0.501. The van der Waals surface area contributed by atoms with Gasteiger partial charge in [-0.05, 0) is 96.7 Å². The first-order valence-corrected chi connectivity index (χ1v) is 10.9. The van der Waals surface area contributed by atoms with Crippen molar-refractivity contribution in [2.75, 3.05) is 0 Å². The fourth-order valence-electron chi connectivity index (χ4n) is 4.91. The van der Waals surface area contributed by atoms with Crippen LogP contribution in [0.15, 0.2) is 36.4 Å². The maximum atomic E-state index is 13.9. The standard InChI is InChI=1S/C25H27ClF2/c1-2-3-4-5-16-6-10-21-18(12-16)7-8-19-13-17(9-11-22(19)21)20-14-23(27)25(26)24(28)15-20/h4-5,7-8,14-17H,2-3,6,9-13H2,1H3/b5-4+. The van der Waals surface area contributed by atoms with Crippen molar-refractivity contribution in [2.45, 2.75) is 64.2 Å². The molecule has 0 fully saturated rings. The fraction of sp³-hybridized carbons (Fsp3) is 0.440. The summed E-state index contributed by atoms with van der Waals surface area (Å²) in [6.45, 7) is 2.22. The average molecular weight is 401 g/mol. The van der Waals surface area contributed by atoms with Crippen LogP contribution >= 0.6 is 11.6 Å². The molecule has 0 saturated heterocycles. The number of halogens is 3. The molecule has 0 saturated carbocycles. The highest BCUT2D eigenvalue weighted by Crippen LogP contribution is 2.39. The van der Waals surface area contributed by atoms with E-state index in [4.69, 9.17) is 11.6 Å². The summed E-state index contributed by atoms with van der Waals surface area (Å²) < 4.78 is 27.8. The van der Waals surface area contributed by atoms with E-state index in [9.17, 15) is 8.78 Å². The van der Waals surface area contributed by atoms with E-state index in [0.29, 0.717) is 5.92 Å². The highest BCUT2D eigenvalue weighted by Gasteiger charge is 2.27. The van der Waals surface area contributed by atoms with Gasteiger partial charge in [0, 0.05) is 0 Å². The summed E-state index contributed by atoms with van der Waals surface area (Å²) in [7, 11) is 0.